The predicted molar refractivity (Wildman–Crippen MR) is 128 cm³/mol. The van der Waals surface area contributed by atoms with Gasteiger partial charge in [0.15, 0.2) is 0 Å². The minimum Gasteiger partial charge on any atom is -0.439 e. The second-order valence-corrected chi connectivity index (χ2v) is 8.21. The maximum absolute atomic E-state index is 13.8. The Morgan fingerprint density at radius 3 is 2.64 bits per heavy atom. The Bertz CT molecular complexity index is 994. The van der Waals surface area contributed by atoms with E-state index in [0.717, 1.165) is 36.1 Å². The van der Waals surface area contributed by atoms with Gasteiger partial charge in [-0.25, -0.2) is 9.07 Å². The van der Waals surface area contributed by atoms with Crippen molar-refractivity contribution in [2.45, 2.75) is 38.8 Å². The molecule has 0 radical (unpaired) electrons. The molecule has 0 fully saturated rings. The smallest absolute Gasteiger partial charge is 0.222 e. The average molecular weight is 456 g/mol. The van der Waals surface area contributed by atoms with Crippen molar-refractivity contribution in [3.63, 3.8) is 0 Å². The molecule has 0 saturated heterocycles. The number of ether oxygens (including phenoxy) is 2. The molecule has 0 unspecified atom stereocenters. The molecule has 0 bridgehead atoms. The van der Waals surface area contributed by atoms with E-state index in [2.05, 4.69) is 11.8 Å². The second-order valence-electron chi connectivity index (χ2n) is 8.21. The van der Waals surface area contributed by atoms with Crippen LogP contribution in [0.2, 0.25) is 0 Å². The lowest BCUT2D eigenvalue weighted by Crippen LogP contribution is -2.34. The molecule has 0 amide bonds. The van der Waals surface area contributed by atoms with Gasteiger partial charge in [0, 0.05) is 45.4 Å². The Morgan fingerprint density at radius 2 is 1.94 bits per heavy atom. The van der Waals surface area contributed by atoms with Crippen LogP contribution in [-0.4, -0.2) is 52.7 Å². The molecule has 1 heterocycles. The van der Waals surface area contributed by atoms with Crippen molar-refractivity contribution in [2.75, 3.05) is 26.8 Å². The molecular formula is C26H34FN3O3. The fourth-order valence-electron chi connectivity index (χ4n) is 3.80. The summed E-state index contributed by atoms with van der Waals surface area (Å²) in [5.74, 6) is 0.593. The summed E-state index contributed by atoms with van der Waals surface area (Å²) in [6.07, 6.45) is 2.36. The van der Waals surface area contributed by atoms with Crippen LogP contribution in [0.4, 0.5) is 4.39 Å². The summed E-state index contributed by atoms with van der Waals surface area (Å²) in [5, 5.41) is 15.3. The first kappa shape index (κ1) is 24.9. The lowest BCUT2D eigenvalue weighted by Gasteiger charge is -2.25. The van der Waals surface area contributed by atoms with E-state index in [4.69, 9.17) is 14.6 Å². The molecule has 2 aromatic carbocycles. The summed E-state index contributed by atoms with van der Waals surface area (Å²) < 4.78 is 26.9. The van der Waals surface area contributed by atoms with Gasteiger partial charge in [-0.3, -0.25) is 4.90 Å². The molecule has 178 valence electrons. The molecule has 1 N–H and O–H groups in total. The van der Waals surface area contributed by atoms with E-state index in [9.17, 15) is 9.50 Å². The molecule has 33 heavy (non-hydrogen) atoms. The highest BCUT2D eigenvalue weighted by Crippen LogP contribution is 2.34. The van der Waals surface area contributed by atoms with Crippen LogP contribution in [0.3, 0.4) is 0 Å². The van der Waals surface area contributed by atoms with E-state index in [1.54, 1.807) is 23.9 Å². The van der Waals surface area contributed by atoms with Crippen LogP contribution in [0.15, 0.2) is 54.6 Å². The molecule has 7 heteroatoms. The highest BCUT2D eigenvalue weighted by Gasteiger charge is 2.23. The van der Waals surface area contributed by atoms with E-state index in [0.29, 0.717) is 37.9 Å². The topological polar surface area (TPSA) is 59.8 Å². The SMILES string of the molecule is CCCC[C@@H](O)CN(CCOC)Cc1c(-c2ccccc2)nn(C)c1Oc1cccc(F)c1. The number of aliphatic hydroxyl groups is 1. The Morgan fingerprint density at radius 1 is 1.15 bits per heavy atom. The van der Waals surface area contributed by atoms with Gasteiger partial charge in [-0.1, -0.05) is 56.2 Å². The van der Waals surface area contributed by atoms with Crippen LogP contribution in [-0.2, 0) is 18.3 Å². The number of hydrogen-bond donors (Lipinski definition) is 1. The molecule has 0 aliphatic carbocycles. The highest BCUT2D eigenvalue weighted by atomic mass is 19.1. The monoisotopic (exact) mass is 455 g/mol. The minimum atomic E-state index is -0.425. The van der Waals surface area contributed by atoms with E-state index in [1.165, 1.54) is 12.1 Å². The molecule has 0 aliphatic heterocycles. The summed E-state index contributed by atoms with van der Waals surface area (Å²) in [4.78, 5) is 2.16. The van der Waals surface area contributed by atoms with Crippen molar-refractivity contribution in [3.05, 3.63) is 66.0 Å². The highest BCUT2D eigenvalue weighted by molar-refractivity contribution is 5.65. The third kappa shape index (κ3) is 7.12. The van der Waals surface area contributed by atoms with Crippen LogP contribution in [0.1, 0.15) is 31.7 Å². The Labute approximate surface area is 195 Å². The fourth-order valence-corrected chi connectivity index (χ4v) is 3.80. The number of hydrogen-bond acceptors (Lipinski definition) is 5. The fraction of sp³-hybridized carbons (Fsp3) is 0.423. The molecule has 0 saturated carbocycles. The zero-order valence-corrected chi connectivity index (χ0v) is 19.7. The molecule has 1 aromatic heterocycles. The van der Waals surface area contributed by atoms with Crippen LogP contribution in [0, 0.1) is 5.82 Å². The first-order valence-corrected chi connectivity index (χ1v) is 11.5. The van der Waals surface area contributed by atoms with Gasteiger partial charge >= 0.3 is 0 Å². The number of benzene rings is 2. The van der Waals surface area contributed by atoms with Crippen molar-refractivity contribution in [1.29, 1.82) is 0 Å². The number of aryl methyl sites for hydroxylation is 1. The standard InChI is InChI=1S/C26H34FN3O3/c1-4-5-13-22(31)18-30(15-16-32-3)19-24-25(20-10-7-6-8-11-20)28-29(2)26(24)33-23-14-9-12-21(27)17-23/h6-12,14,17,22,31H,4-5,13,15-16,18-19H2,1-3H3/t22-/m1/s1. The van der Waals surface area contributed by atoms with Crippen LogP contribution in [0.5, 0.6) is 11.6 Å². The molecule has 0 spiro atoms. The predicted octanol–water partition coefficient (Wildman–Crippen LogP) is 5.02. The molecule has 6 nitrogen and oxygen atoms in total. The van der Waals surface area contributed by atoms with Crippen molar-refractivity contribution in [2.24, 2.45) is 7.05 Å². The number of rotatable bonds is 13. The maximum Gasteiger partial charge on any atom is 0.222 e. The summed E-state index contributed by atoms with van der Waals surface area (Å²) in [6.45, 7) is 4.35. The summed E-state index contributed by atoms with van der Waals surface area (Å²) in [5.41, 5.74) is 2.65. The van der Waals surface area contributed by atoms with Crippen LogP contribution < -0.4 is 4.74 Å². The lowest BCUT2D eigenvalue weighted by molar-refractivity contribution is 0.0788. The van der Waals surface area contributed by atoms with Gasteiger partial charge < -0.3 is 14.6 Å². The van der Waals surface area contributed by atoms with Crippen LogP contribution >= 0.6 is 0 Å². The van der Waals surface area contributed by atoms with Crippen molar-refractivity contribution in [3.8, 4) is 22.9 Å². The van der Waals surface area contributed by atoms with Gasteiger partial charge in [0.1, 0.15) is 17.3 Å². The zero-order chi connectivity index (χ0) is 23.6. The molecule has 3 rings (SSSR count). The van der Waals surface area contributed by atoms with Crippen LogP contribution in [0.25, 0.3) is 11.3 Å². The third-order valence-corrected chi connectivity index (χ3v) is 5.50. The number of methoxy groups -OCH3 is 1. The zero-order valence-electron chi connectivity index (χ0n) is 19.7. The first-order chi connectivity index (χ1) is 16.0. The van der Waals surface area contributed by atoms with E-state index in [1.807, 2.05) is 37.4 Å². The summed E-state index contributed by atoms with van der Waals surface area (Å²) in [7, 11) is 3.49. The maximum atomic E-state index is 13.8. The number of nitrogens with zero attached hydrogens (tertiary/aromatic N) is 3. The van der Waals surface area contributed by atoms with Gasteiger partial charge in [0.2, 0.25) is 5.88 Å². The number of aliphatic hydroxyl groups excluding tert-OH is 1. The first-order valence-electron chi connectivity index (χ1n) is 11.5. The van der Waals surface area contributed by atoms with Crippen molar-refractivity contribution >= 4 is 0 Å². The molecule has 0 aliphatic rings. The second kappa shape index (κ2) is 12.5. The number of unbranched alkanes of at least 4 members (excludes halogenated alkanes) is 1. The van der Waals surface area contributed by atoms with Crippen molar-refractivity contribution < 1.29 is 19.0 Å². The van der Waals surface area contributed by atoms with Gasteiger partial charge in [-0.05, 0) is 18.6 Å². The average Bonchev–Trinajstić information content (AvgIpc) is 3.11. The minimum absolute atomic E-state index is 0.361. The lowest BCUT2D eigenvalue weighted by atomic mass is 10.1. The van der Waals surface area contributed by atoms with Gasteiger partial charge in [0.05, 0.1) is 18.3 Å². The largest absolute Gasteiger partial charge is 0.439 e. The number of aromatic nitrogens is 2. The quantitative estimate of drug-likeness (QED) is 0.392. The molecule has 3 aromatic rings. The van der Waals surface area contributed by atoms with Gasteiger partial charge in [-0.15, -0.1) is 0 Å². The van der Waals surface area contributed by atoms with Gasteiger partial charge in [0.25, 0.3) is 0 Å². The van der Waals surface area contributed by atoms with Crippen molar-refractivity contribution in [1.82, 2.24) is 14.7 Å². The van der Waals surface area contributed by atoms with E-state index in [-0.39, 0.29) is 5.82 Å². The molecular weight excluding hydrogens is 421 g/mol. The summed E-state index contributed by atoms with van der Waals surface area (Å²) >= 11 is 0. The van der Waals surface area contributed by atoms with E-state index >= 15 is 0 Å². The third-order valence-electron chi connectivity index (χ3n) is 5.50. The number of halogens is 1. The Kier molecular flexibility index (Phi) is 9.42. The molecule has 1 atom stereocenters. The summed E-state index contributed by atoms with van der Waals surface area (Å²) in [6, 6.07) is 16.0. The van der Waals surface area contributed by atoms with Gasteiger partial charge in [-0.2, -0.15) is 5.10 Å². The Hall–Kier alpha value is -2.74. The Balaban J connectivity index is 1.96. The van der Waals surface area contributed by atoms with E-state index < -0.39 is 6.10 Å². The normalized spacial score (nSPS) is 12.3.